The molecule has 2 aromatic rings. The second-order valence-corrected chi connectivity index (χ2v) is 4.88. The Labute approximate surface area is 102 Å². The van der Waals surface area contributed by atoms with Crippen LogP contribution >= 0.6 is 0 Å². The number of aryl methyl sites for hydroxylation is 2. The van der Waals surface area contributed by atoms with Gasteiger partial charge in [0.05, 0.1) is 5.69 Å². The van der Waals surface area contributed by atoms with Gasteiger partial charge in [-0.3, -0.25) is 0 Å². The van der Waals surface area contributed by atoms with Crippen molar-refractivity contribution >= 4 is 16.6 Å². The number of fused-ring (bicyclic) bond motifs is 1. The minimum atomic E-state index is 1.08. The molecule has 17 heavy (non-hydrogen) atoms. The number of hydrogen-bond donors (Lipinski definition) is 2. The van der Waals surface area contributed by atoms with Crippen molar-refractivity contribution in [3.05, 3.63) is 29.5 Å². The number of rotatable bonds is 1. The van der Waals surface area contributed by atoms with Crippen molar-refractivity contribution in [2.75, 3.05) is 31.1 Å². The quantitative estimate of drug-likeness (QED) is 0.785. The molecular weight excluding hydrogens is 210 g/mol. The number of piperazine rings is 1. The molecule has 0 radical (unpaired) electrons. The molecule has 0 spiro atoms. The number of aromatic amines is 1. The summed E-state index contributed by atoms with van der Waals surface area (Å²) in [5.41, 5.74) is 5.26. The first-order chi connectivity index (χ1) is 8.25. The Balaban J connectivity index is 2.13. The molecule has 1 aromatic carbocycles. The van der Waals surface area contributed by atoms with Crippen molar-refractivity contribution in [2.45, 2.75) is 13.8 Å². The molecule has 0 atom stereocenters. The zero-order valence-corrected chi connectivity index (χ0v) is 10.5. The number of anilines is 1. The van der Waals surface area contributed by atoms with E-state index in [1.165, 1.54) is 27.8 Å². The minimum absolute atomic E-state index is 1.08. The van der Waals surface area contributed by atoms with Gasteiger partial charge in [-0.15, -0.1) is 0 Å². The van der Waals surface area contributed by atoms with Gasteiger partial charge in [-0.05, 0) is 26.0 Å². The number of benzene rings is 1. The van der Waals surface area contributed by atoms with Gasteiger partial charge in [0.15, 0.2) is 0 Å². The lowest BCUT2D eigenvalue weighted by Gasteiger charge is -2.29. The van der Waals surface area contributed by atoms with Gasteiger partial charge >= 0.3 is 0 Å². The maximum absolute atomic E-state index is 3.49. The first-order valence-electron chi connectivity index (χ1n) is 6.30. The molecule has 3 nitrogen and oxygen atoms in total. The predicted molar refractivity (Wildman–Crippen MR) is 72.9 cm³/mol. The van der Waals surface area contributed by atoms with Crippen LogP contribution in [0.2, 0.25) is 0 Å². The average molecular weight is 229 g/mol. The topological polar surface area (TPSA) is 31.1 Å². The van der Waals surface area contributed by atoms with E-state index in [4.69, 9.17) is 0 Å². The summed E-state index contributed by atoms with van der Waals surface area (Å²) in [4.78, 5) is 5.98. The van der Waals surface area contributed by atoms with E-state index in [-0.39, 0.29) is 0 Å². The van der Waals surface area contributed by atoms with Crippen LogP contribution in [-0.4, -0.2) is 31.2 Å². The fourth-order valence-electron chi connectivity index (χ4n) is 2.72. The number of nitrogens with zero attached hydrogens (tertiary/aromatic N) is 1. The van der Waals surface area contributed by atoms with Crippen molar-refractivity contribution in [3.63, 3.8) is 0 Å². The molecular formula is C14H19N3. The number of hydrogen-bond acceptors (Lipinski definition) is 2. The smallest absolute Gasteiger partial charge is 0.0655 e. The summed E-state index contributed by atoms with van der Waals surface area (Å²) < 4.78 is 0. The van der Waals surface area contributed by atoms with Crippen LogP contribution in [-0.2, 0) is 0 Å². The summed E-state index contributed by atoms with van der Waals surface area (Å²) in [5, 5.41) is 4.77. The van der Waals surface area contributed by atoms with E-state index >= 15 is 0 Å². The number of H-pyrrole nitrogens is 1. The molecule has 1 saturated heterocycles. The molecule has 0 amide bonds. The summed E-state index contributed by atoms with van der Waals surface area (Å²) in [5.74, 6) is 0. The first kappa shape index (κ1) is 10.7. The maximum atomic E-state index is 3.49. The molecule has 0 saturated carbocycles. The van der Waals surface area contributed by atoms with Crippen molar-refractivity contribution in [1.29, 1.82) is 0 Å². The Morgan fingerprint density at radius 2 is 1.88 bits per heavy atom. The van der Waals surface area contributed by atoms with E-state index in [1.807, 2.05) is 0 Å². The Bertz CT molecular complexity index is 536. The monoisotopic (exact) mass is 229 g/mol. The van der Waals surface area contributed by atoms with Gasteiger partial charge in [0.25, 0.3) is 0 Å². The van der Waals surface area contributed by atoms with Crippen LogP contribution in [0.5, 0.6) is 0 Å². The predicted octanol–water partition coefficient (Wildman–Crippen LogP) is 2.19. The molecule has 0 bridgehead atoms. The summed E-state index contributed by atoms with van der Waals surface area (Å²) in [6.07, 6.45) is 0. The van der Waals surface area contributed by atoms with Crippen LogP contribution < -0.4 is 10.2 Å². The molecule has 1 fully saturated rings. The van der Waals surface area contributed by atoms with Crippen LogP contribution in [0.3, 0.4) is 0 Å². The van der Waals surface area contributed by atoms with Gasteiger partial charge in [0.2, 0.25) is 0 Å². The van der Waals surface area contributed by atoms with Gasteiger partial charge in [0.1, 0.15) is 0 Å². The zero-order valence-electron chi connectivity index (χ0n) is 10.5. The third-order valence-corrected chi connectivity index (χ3v) is 3.54. The number of aromatic nitrogens is 1. The molecule has 1 aromatic heterocycles. The van der Waals surface area contributed by atoms with Crippen molar-refractivity contribution in [1.82, 2.24) is 10.3 Å². The third kappa shape index (κ3) is 1.80. The molecule has 2 N–H and O–H groups in total. The molecule has 90 valence electrons. The van der Waals surface area contributed by atoms with Gasteiger partial charge in [-0.25, -0.2) is 0 Å². The van der Waals surface area contributed by atoms with Gasteiger partial charge in [-0.1, -0.05) is 11.6 Å². The minimum Gasteiger partial charge on any atom is -0.367 e. The molecule has 1 aliphatic heterocycles. The van der Waals surface area contributed by atoms with E-state index in [0.717, 1.165) is 26.2 Å². The van der Waals surface area contributed by atoms with Crippen molar-refractivity contribution in [3.8, 4) is 0 Å². The third-order valence-electron chi connectivity index (χ3n) is 3.54. The van der Waals surface area contributed by atoms with E-state index < -0.39 is 0 Å². The normalized spacial score (nSPS) is 16.7. The Morgan fingerprint density at radius 3 is 2.65 bits per heavy atom. The van der Waals surface area contributed by atoms with Crippen LogP contribution in [0.4, 0.5) is 5.69 Å². The van der Waals surface area contributed by atoms with Gasteiger partial charge in [0, 0.05) is 42.8 Å². The van der Waals surface area contributed by atoms with E-state index in [9.17, 15) is 0 Å². The Kier molecular flexibility index (Phi) is 2.56. The van der Waals surface area contributed by atoms with Crippen LogP contribution in [0.25, 0.3) is 10.9 Å². The second-order valence-electron chi connectivity index (χ2n) is 4.88. The highest BCUT2D eigenvalue weighted by Gasteiger charge is 2.17. The fourth-order valence-corrected chi connectivity index (χ4v) is 2.72. The van der Waals surface area contributed by atoms with Crippen LogP contribution in [0.15, 0.2) is 18.2 Å². The standard InChI is InChI=1S/C14H19N3/c1-10-3-4-13-12(9-10)14(11(2)16-13)17-7-5-15-6-8-17/h3-4,9,15-16H,5-8H2,1-2H3. The Hall–Kier alpha value is -1.48. The summed E-state index contributed by atoms with van der Waals surface area (Å²) in [6, 6.07) is 6.64. The van der Waals surface area contributed by atoms with Crippen molar-refractivity contribution < 1.29 is 0 Å². The summed E-state index contributed by atoms with van der Waals surface area (Å²) in [6.45, 7) is 8.69. The van der Waals surface area contributed by atoms with Crippen LogP contribution in [0.1, 0.15) is 11.3 Å². The lowest BCUT2D eigenvalue weighted by Crippen LogP contribution is -2.43. The van der Waals surface area contributed by atoms with E-state index in [2.05, 4.69) is 47.2 Å². The lowest BCUT2D eigenvalue weighted by atomic mass is 10.1. The maximum Gasteiger partial charge on any atom is 0.0655 e. The van der Waals surface area contributed by atoms with E-state index in [1.54, 1.807) is 0 Å². The largest absolute Gasteiger partial charge is 0.367 e. The molecule has 3 heteroatoms. The highest BCUT2D eigenvalue weighted by molar-refractivity contribution is 5.95. The molecule has 2 heterocycles. The Morgan fingerprint density at radius 1 is 1.12 bits per heavy atom. The van der Waals surface area contributed by atoms with E-state index in [0.29, 0.717) is 0 Å². The lowest BCUT2D eigenvalue weighted by molar-refractivity contribution is 0.589. The number of nitrogens with one attached hydrogen (secondary N) is 2. The molecule has 3 rings (SSSR count). The van der Waals surface area contributed by atoms with Crippen LogP contribution in [0, 0.1) is 13.8 Å². The van der Waals surface area contributed by atoms with Crippen molar-refractivity contribution in [2.24, 2.45) is 0 Å². The molecule has 0 aliphatic carbocycles. The first-order valence-corrected chi connectivity index (χ1v) is 6.30. The van der Waals surface area contributed by atoms with Gasteiger partial charge < -0.3 is 15.2 Å². The second kappa shape index (κ2) is 4.08. The van der Waals surface area contributed by atoms with Gasteiger partial charge in [-0.2, -0.15) is 0 Å². The highest BCUT2D eigenvalue weighted by Crippen LogP contribution is 2.31. The SMILES string of the molecule is Cc1ccc2[nH]c(C)c(N3CCNCC3)c2c1. The highest BCUT2D eigenvalue weighted by atomic mass is 15.2. The molecule has 1 aliphatic rings. The average Bonchev–Trinajstić information content (AvgIpc) is 2.65. The zero-order chi connectivity index (χ0) is 11.8. The summed E-state index contributed by atoms with van der Waals surface area (Å²) >= 11 is 0. The fraction of sp³-hybridized carbons (Fsp3) is 0.429. The summed E-state index contributed by atoms with van der Waals surface area (Å²) in [7, 11) is 0. The molecule has 0 unspecified atom stereocenters.